The zero-order chi connectivity index (χ0) is 13.8. The van der Waals surface area contributed by atoms with Crippen LogP contribution in [0, 0.1) is 12.8 Å². The van der Waals surface area contributed by atoms with E-state index in [-0.39, 0.29) is 5.78 Å². The number of ketones is 1. The topological polar surface area (TPSA) is 43.1 Å². The zero-order valence-electron chi connectivity index (χ0n) is 12.1. The van der Waals surface area contributed by atoms with Gasteiger partial charge < -0.3 is 5.73 Å². The minimum absolute atomic E-state index is 0.151. The quantitative estimate of drug-likeness (QED) is 0.839. The molecular weight excluding hydrogens is 234 g/mol. The van der Waals surface area contributed by atoms with Gasteiger partial charge in [0.1, 0.15) is 0 Å². The summed E-state index contributed by atoms with van der Waals surface area (Å²) in [5, 5.41) is 0. The first kappa shape index (κ1) is 14.3. The van der Waals surface area contributed by atoms with Gasteiger partial charge in [-0.2, -0.15) is 0 Å². The molecule has 0 saturated heterocycles. The predicted octanol–water partition coefficient (Wildman–Crippen LogP) is 3.65. The number of hydrogen-bond acceptors (Lipinski definition) is 2. The molecule has 0 radical (unpaired) electrons. The van der Waals surface area contributed by atoms with Crippen molar-refractivity contribution in [1.82, 2.24) is 0 Å². The van der Waals surface area contributed by atoms with Gasteiger partial charge in [-0.3, -0.25) is 4.79 Å². The highest BCUT2D eigenvalue weighted by Crippen LogP contribution is 2.27. The van der Waals surface area contributed by atoms with Crippen LogP contribution in [0.4, 0.5) is 0 Å². The normalized spacial score (nSPS) is 23.3. The van der Waals surface area contributed by atoms with E-state index in [9.17, 15) is 4.79 Å². The van der Waals surface area contributed by atoms with Crippen molar-refractivity contribution in [2.75, 3.05) is 0 Å². The molecule has 1 aromatic rings. The average Bonchev–Trinajstić information content (AvgIpc) is 2.37. The molecule has 2 rings (SSSR count). The van der Waals surface area contributed by atoms with E-state index in [4.69, 9.17) is 5.73 Å². The summed E-state index contributed by atoms with van der Waals surface area (Å²) in [4.78, 5) is 11.4. The fourth-order valence-corrected chi connectivity index (χ4v) is 3.22. The molecule has 0 spiro atoms. The molecule has 1 fully saturated rings. The highest BCUT2D eigenvalue weighted by atomic mass is 16.1. The van der Waals surface area contributed by atoms with Crippen LogP contribution in [0.3, 0.4) is 0 Å². The van der Waals surface area contributed by atoms with E-state index in [0.29, 0.717) is 12.0 Å². The lowest BCUT2D eigenvalue weighted by Gasteiger charge is -2.28. The lowest BCUT2D eigenvalue weighted by Crippen LogP contribution is -2.33. The summed E-state index contributed by atoms with van der Waals surface area (Å²) in [7, 11) is 0. The maximum atomic E-state index is 11.4. The molecule has 0 heterocycles. The lowest BCUT2D eigenvalue weighted by molar-refractivity contribution is 0.101. The Hall–Kier alpha value is -1.15. The molecule has 0 amide bonds. The molecule has 1 saturated carbocycles. The number of carbonyl (C=O) groups excluding carboxylic acids is 1. The summed E-state index contributed by atoms with van der Waals surface area (Å²) < 4.78 is 0. The smallest absolute Gasteiger partial charge is 0.160 e. The Bertz CT molecular complexity index is 453. The van der Waals surface area contributed by atoms with Crippen LogP contribution in [-0.4, -0.2) is 11.8 Å². The van der Waals surface area contributed by atoms with Gasteiger partial charge in [-0.1, -0.05) is 31.0 Å². The van der Waals surface area contributed by atoms with Crippen molar-refractivity contribution < 1.29 is 4.79 Å². The van der Waals surface area contributed by atoms with Crippen molar-refractivity contribution in [3.8, 4) is 0 Å². The monoisotopic (exact) mass is 259 g/mol. The third kappa shape index (κ3) is 3.66. The summed E-state index contributed by atoms with van der Waals surface area (Å²) in [5.41, 5.74) is 9.47. The molecule has 1 aliphatic carbocycles. The molecule has 0 aromatic heterocycles. The number of hydrogen-bond donors (Lipinski definition) is 1. The first-order chi connectivity index (χ1) is 9.08. The van der Waals surface area contributed by atoms with Crippen LogP contribution in [0.2, 0.25) is 0 Å². The van der Waals surface area contributed by atoms with Gasteiger partial charge in [-0.25, -0.2) is 0 Å². The second-order valence-corrected chi connectivity index (χ2v) is 5.95. The largest absolute Gasteiger partial charge is 0.327 e. The fourth-order valence-electron chi connectivity index (χ4n) is 3.22. The molecule has 2 unspecified atom stereocenters. The Morgan fingerprint density at radius 2 is 2.05 bits per heavy atom. The van der Waals surface area contributed by atoms with Crippen molar-refractivity contribution in [2.45, 2.75) is 58.4 Å². The van der Waals surface area contributed by atoms with Crippen LogP contribution in [0.25, 0.3) is 0 Å². The molecule has 2 N–H and O–H groups in total. The van der Waals surface area contributed by atoms with Crippen LogP contribution >= 0.6 is 0 Å². The number of Topliss-reactive ketones (excluding diaryl/α,β-unsaturated/α-hetero) is 1. The van der Waals surface area contributed by atoms with E-state index < -0.39 is 0 Å². The third-order valence-electron chi connectivity index (χ3n) is 4.44. The third-order valence-corrected chi connectivity index (χ3v) is 4.44. The van der Waals surface area contributed by atoms with Gasteiger partial charge in [0.25, 0.3) is 0 Å². The second kappa shape index (κ2) is 6.33. The van der Waals surface area contributed by atoms with Crippen LogP contribution in [-0.2, 0) is 6.42 Å². The summed E-state index contributed by atoms with van der Waals surface area (Å²) in [5.74, 6) is 0.833. The molecule has 1 aromatic carbocycles. The van der Waals surface area contributed by atoms with E-state index in [1.165, 1.54) is 37.7 Å². The van der Waals surface area contributed by atoms with Gasteiger partial charge in [-0.05, 0) is 56.6 Å². The van der Waals surface area contributed by atoms with Gasteiger partial charge in [0.2, 0.25) is 0 Å². The van der Waals surface area contributed by atoms with Gasteiger partial charge in [0.05, 0.1) is 0 Å². The number of rotatable bonds is 4. The zero-order valence-corrected chi connectivity index (χ0v) is 12.1. The van der Waals surface area contributed by atoms with Crippen LogP contribution < -0.4 is 5.73 Å². The van der Waals surface area contributed by atoms with E-state index in [1.807, 2.05) is 13.0 Å². The van der Waals surface area contributed by atoms with Crippen molar-refractivity contribution in [1.29, 1.82) is 0 Å². The van der Waals surface area contributed by atoms with E-state index in [2.05, 4.69) is 12.1 Å². The summed E-state index contributed by atoms with van der Waals surface area (Å²) in [6.45, 7) is 3.65. The van der Waals surface area contributed by atoms with Gasteiger partial charge in [0.15, 0.2) is 5.78 Å². The first-order valence-electron chi connectivity index (χ1n) is 7.44. The van der Waals surface area contributed by atoms with E-state index in [1.54, 1.807) is 6.92 Å². The molecule has 0 bridgehead atoms. The molecule has 1 aliphatic rings. The Labute approximate surface area is 116 Å². The summed E-state index contributed by atoms with van der Waals surface area (Å²) in [6.07, 6.45) is 7.36. The Morgan fingerprint density at radius 1 is 1.32 bits per heavy atom. The minimum Gasteiger partial charge on any atom is -0.327 e. The van der Waals surface area contributed by atoms with Gasteiger partial charge >= 0.3 is 0 Å². The standard InChI is InChI=1S/C17H25NO/c1-12-11-14(8-10-16(12)13(2)19)7-9-15-5-3-4-6-17(15)18/h8,10-11,15,17H,3-7,9,18H2,1-2H3. The molecule has 2 atom stereocenters. The highest BCUT2D eigenvalue weighted by molar-refractivity contribution is 5.95. The number of aryl methyl sites for hydroxylation is 2. The molecule has 19 heavy (non-hydrogen) atoms. The molecule has 2 nitrogen and oxygen atoms in total. The van der Waals surface area contributed by atoms with Crippen molar-refractivity contribution in [3.63, 3.8) is 0 Å². The fraction of sp³-hybridized carbons (Fsp3) is 0.588. The van der Waals surface area contributed by atoms with Crippen molar-refractivity contribution in [2.24, 2.45) is 11.7 Å². The minimum atomic E-state index is 0.151. The van der Waals surface area contributed by atoms with Crippen molar-refractivity contribution in [3.05, 3.63) is 34.9 Å². The maximum absolute atomic E-state index is 11.4. The number of carbonyl (C=O) groups is 1. The van der Waals surface area contributed by atoms with E-state index >= 15 is 0 Å². The highest BCUT2D eigenvalue weighted by Gasteiger charge is 2.21. The Kier molecular flexibility index (Phi) is 4.76. The summed E-state index contributed by atoms with van der Waals surface area (Å²) in [6, 6.07) is 6.61. The SMILES string of the molecule is CC(=O)c1ccc(CCC2CCCCC2N)cc1C. The molecule has 2 heteroatoms. The first-order valence-corrected chi connectivity index (χ1v) is 7.44. The molecular formula is C17H25NO. The number of nitrogens with two attached hydrogens (primary N) is 1. The summed E-state index contributed by atoms with van der Waals surface area (Å²) >= 11 is 0. The van der Waals surface area contributed by atoms with Crippen LogP contribution in [0.5, 0.6) is 0 Å². The second-order valence-electron chi connectivity index (χ2n) is 5.95. The molecule has 104 valence electrons. The molecule has 0 aliphatic heterocycles. The van der Waals surface area contributed by atoms with Crippen LogP contribution in [0.1, 0.15) is 60.5 Å². The van der Waals surface area contributed by atoms with Gasteiger partial charge in [0, 0.05) is 11.6 Å². The van der Waals surface area contributed by atoms with Crippen molar-refractivity contribution >= 4 is 5.78 Å². The maximum Gasteiger partial charge on any atom is 0.160 e. The average molecular weight is 259 g/mol. The predicted molar refractivity (Wildman–Crippen MR) is 79.4 cm³/mol. The Morgan fingerprint density at radius 3 is 2.68 bits per heavy atom. The van der Waals surface area contributed by atoms with Gasteiger partial charge in [-0.15, -0.1) is 0 Å². The lowest BCUT2D eigenvalue weighted by atomic mass is 9.81. The number of benzene rings is 1. The van der Waals surface area contributed by atoms with Crippen LogP contribution in [0.15, 0.2) is 18.2 Å². The van der Waals surface area contributed by atoms with E-state index in [0.717, 1.165) is 17.5 Å². The Balaban J connectivity index is 1.96.